The molecule has 0 aromatic carbocycles. The van der Waals surface area contributed by atoms with Crippen molar-refractivity contribution in [1.29, 1.82) is 0 Å². The second kappa shape index (κ2) is 6.10. The third-order valence-electron chi connectivity index (χ3n) is 4.66. The van der Waals surface area contributed by atoms with Gasteiger partial charge in [-0.1, -0.05) is 19.3 Å². The quantitative estimate of drug-likeness (QED) is 0.780. The van der Waals surface area contributed by atoms with Gasteiger partial charge in [0.25, 0.3) is 0 Å². The normalized spacial score (nSPS) is 22.5. The first-order chi connectivity index (χ1) is 10.2. The molecule has 3 N–H and O–H groups in total. The van der Waals surface area contributed by atoms with Crippen molar-refractivity contribution in [3.63, 3.8) is 0 Å². The summed E-state index contributed by atoms with van der Waals surface area (Å²) in [5.41, 5.74) is -1.08. The summed E-state index contributed by atoms with van der Waals surface area (Å²) in [5, 5.41) is 16.7. The van der Waals surface area contributed by atoms with Crippen LogP contribution < -0.4 is 10.6 Å². The van der Waals surface area contributed by atoms with Gasteiger partial charge >= 0.3 is 6.03 Å². The van der Waals surface area contributed by atoms with Crippen LogP contribution in [-0.2, 0) is 5.60 Å². The number of nitrogens with one attached hydrogen (secondary N) is 2. The minimum absolute atomic E-state index is 0.179. The maximum atomic E-state index is 12.0. The topological polar surface area (TPSA) is 74.5 Å². The van der Waals surface area contributed by atoms with Crippen LogP contribution in [0.1, 0.15) is 50.7 Å². The lowest BCUT2D eigenvalue weighted by Gasteiger charge is -2.28. The van der Waals surface area contributed by atoms with Gasteiger partial charge in [0.2, 0.25) is 0 Å². The van der Waals surface area contributed by atoms with Gasteiger partial charge in [0.05, 0.1) is 12.8 Å². The number of furan rings is 1. The molecule has 21 heavy (non-hydrogen) atoms. The number of urea groups is 1. The molecule has 1 atom stereocenters. The minimum Gasteiger partial charge on any atom is -0.466 e. The van der Waals surface area contributed by atoms with Gasteiger partial charge in [-0.2, -0.15) is 0 Å². The Kier molecular flexibility index (Phi) is 4.19. The summed E-state index contributed by atoms with van der Waals surface area (Å²) in [6.45, 7) is 0.198. The third kappa shape index (κ3) is 3.40. The van der Waals surface area contributed by atoms with E-state index < -0.39 is 5.60 Å². The molecule has 2 amide bonds. The molecule has 0 bridgehead atoms. The monoisotopic (exact) mass is 292 g/mol. The van der Waals surface area contributed by atoms with E-state index in [9.17, 15) is 9.90 Å². The van der Waals surface area contributed by atoms with Crippen LogP contribution in [-0.4, -0.2) is 23.7 Å². The van der Waals surface area contributed by atoms with E-state index in [0.29, 0.717) is 5.76 Å². The number of carbonyl (C=O) groups is 1. The van der Waals surface area contributed by atoms with Gasteiger partial charge in [-0.05, 0) is 43.7 Å². The van der Waals surface area contributed by atoms with E-state index in [0.717, 1.165) is 25.7 Å². The van der Waals surface area contributed by atoms with Crippen molar-refractivity contribution in [2.75, 3.05) is 6.54 Å². The van der Waals surface area contributed by atoms with Crippen molar-refractivity contribution in [3.05, 3.63) is 24.2 Å². The minimum atomic E-state index is -1.08. The van der Waals surface area contributed by atoms with Crippen molar-refractivity contribution in [2.45, 2.75) is 56.6 Å². The van der Waals surface area contributed by atoms with Crippen molar-refractivity contribution in [3.8, 4) is 0 Å². The number of aliphatic hydroxyl groups is 1. The molecule has 1 aromatic heterocycles. The highest BCUT2D eigenvalue weighted by atomic mass is 16.4. The Hall–Kier alpha value is -1.49. The van der Waals surface area contributed by atoms with E-state index in [-0.39, 0.29) is 24.5 Å². The summed E-state index contributed by atoms with van der Waals surface area (Å²) >= 11 is 0. The van der Waals surface area contributed by atoms with Gasteiger partial charge in [-0.15, -0.1) is 0 Å². The Labute approximate surface area is 125 Å². The first-order valence-electron chi connectivity index (χ1n) is 7.99. The molecule has 5 heteroatoms. The average Bonchev–Trinajstić information content (AvgIpc) is 3.21. The Morgan fingerprint density at radius 3 is 2.67 bits per heavy atom. The molecule has 0 aliphatic heterocycles. The highest BCUT2D eigenvalue weighted by molar-refractivity contribution is 5.74. The molecule has 2 fully saturated rings. The summed E-state index contributed by atoms with van der Waals surface area (Å²) in [5.74, 6) is 0.724. The molecular weight excluding hydrogens is 268 g/mol. The molecule has 5 nitrogen and oxygen atoms in total. The van der Waals surface area contributed by atoms with Gasteiger partial charge < -0.3 is 20.2 Å². The molecule has 1 aromatic rings. The highest BCUT2D eigenvalue weighted by Gasteiger charge is 2.47. The SMILES string of the molecule is O=C(NC[C@](O)(c1ccco1)C1CC1)NC1CCCCC1. The molecule has 0 saturated heterocycles. The van der Waals surface area contributed by atoms with Gasteiger partial charge in [0, 0.05) is 6.04 Å². The Morgan fingerprint density at radius 1 is 1.29 bits per heavy atom. The van der Waals surface area contributed by atoms with E-state index in [4.69, 9.17) is 4.42 Å². The number of amides is 2. The lowest BCUT2D eigenvalue weighted by Crippen LogP contribution is -2.48. The lowest BCUT2D eigenvalue weighted by molar-refractivity contribution is -0.00458. The molecule has 2 saturated carbocycles. The number of hydrogen-bond donors (Lipinski definition) is 3. The first-order valence-corrected chi connectivity index (χ1v) is 7.99. The van der Waals surface area contributed by atoms with Crippen LogP contribution >= 0.6 is 0 Å². The first kappa shape index (κ1) is 14.4. The standard InChI is InChI=1S/C16H24N2O3/c19-15(18-13-5-2-1-3-6-13)17-11-16(20,12-8-9-12)14-7-4-10-21-14/h4,7,10,12-13,20H,1-3,5-6,8-9,11H2,(H2,17,18,19)/t16-/m1/s1. The van der Waals surface area contributed by atoms with E-state index in [1.54, 1.807) is 18.4 Å². The number of carbonyl (C=O) groups excluding carboxylic acids is 1. The largest absolute Gasteiger partial charge is 0.466 e. The Balaban J connectivity index is 1.53. The molecule has 116 valence electrons. The van der Waals surface area contributed by atoms with Gasteiger partial charge in [-0.3, -0.25) is 0 Å². The Bertz CT molecular complexity index is 464. The van der Waals surface area contributed by atoms with Crippen molar-refractivity contribution in [2.24, 2.45) is 5.92 Å². The van der Waals surface area contributed by atoms with Crippen LogP contribution in [0.15, 0.2) is 22.8 Å². The van der Waals surface area contributed by atoms with Crippen LogP contribution in [0, 0.1) is 5.92 Å². The predicted molar refractivity (Wildman–Crippen MR) is 78.7 cm³/mol. The fraction of sp³-hybridized carbons (Fsp3) is 0.688. The van der Waals surface area contributed by atoms with E-state index in [1.807, 2.05) is 0 Å². The molecule has 1 heterocycles. The van der Waals surface area contributed by atoms with Crippen LogP contribution in [0.4, 0.5) is 4.79 Å². The van der Waals surface area contributed by atoms with Crippen LogP contribution in [0.2, 0.25) is 0 Å². The summed E-state index contributed by atoms with van der Waals surface area (Å²) in [6.07, 6.45) is 9.25. The second-order valence-corrected chi connectivity index (χ2v) is 6.34. The van der Waals surface area contributed by atoms with Crippen molar-refractivity contribution in [1.82, 2.24) is 10.6 Å². The molecule has 2 aliphatic carbocycles. The maximum absolute atomic E-state index is 12.0. The van der Waals surface area contributed by atoms with Gasteiger partial charge in [0.1, 0.15) is 11.4 Å². The lowest BCUT2D eigenvalue weighted by atomic mass is 9.94. The fourth-order valence-corrected chi connectivity index (χ4v) is 3.22. The molecule has 3 rings (SSSR count). The Morgan fingerprint density at radius 2 is 2.05 bits per heavy atom. The van der Waals surface area contributed by atoms with E-state index in [2.05, 4.69) is 10.6 Å². The fourth-order valence-electron chi connectivity index (χ4n) is 3.22. The predicted octanol–water partition coefficient (Wildman–Crippen LogP) is 2.51. The second-order valence-electron chi connectivity index (χ2n) is 6.34. The third-order valence-corrected chi connectivity index (χ3v) is 4.66. The van der Waals surface area contributed by atoms with E-state index >= 15 is 0 Å². The maximum Gasteiger partial charge on any atom is 0.315 e. The smallest absolute Gasteiger partial charge is 0.315 e. The van der Waals surface area contributed by atoms with Crippen LogP contribution in [0.5, 0.6) is 0 Å². The summed E-state index contributed by atoms with van der Waals surface area (Å²) in [7, 11) is 0. The zero-order valence-electron chi connectivity index (χ0n) is 12.3. The number of hydrogen-bond acceptors (Lipinski definition) is 3. The summed E-state index contributed by atoms with van der Waals surface area (Å²) < 4.78 is 5.36. The van der Waals surface area contributed by atoms with Crippen LogP contribution in [0.3, 0.4) is 0 Å². The highest BCUT2D eigenvalue weighted by Crippen LogP contribution is 2.45. The summed E-state index contributed by atoms with van der Waals surface area (Å²) in [4.78, 5) is 12.0. The average molecular weight is 292 g/mol. The molecule has 2 aliphatic rings. The zero-order valence-corrected chi connectivity index (χ0v) is 12.3. The number of rotatable bonds is 5. The molecule has 0 unspecified atom stereocenters. The molecule has 0 radical (unpaired) electrons. The zero-order chi connectivity index (χ0) is 14.7. The molecule has 0 spiro atoms. The van der Waals surface area contributed by atoms with Crippen LogP contribution in [0.25, 0.3) is 0 Å². The van der Waals surface area contributed by atoms with Crippen molar-refractivity contribution < 1.29 is 14.3 Å². The van der Waals surface area contributed by atoms with E-state index in [1.165, 1.54) is 19.3 Å². The van der Waals surface area contributed by atoms with Crippen molar-refractivity contribution >= 4 is 6.03 Å². The molecular formula is C16H24N2O3. The summed E-state index contributed by atoms with van der Waals surface area (Å²) in [6, 6.07) is 3.63. The van der Waals surface area contributed by atoms with Gasteiger partial charge in [0.15, 0.2) is 0 Å². The van der Waals surface area contributed by atoms with Gasteiger partial charge in [-0.25, -0.2) is 4.79 Å².